The molecule has 1 rings (SSSR count). The monoisotopic (exact) mass is 218 g/mol. The molecule has 0 spiro atoms. The number of carbonyl (C=O) groups is 2. The van der Waals surface area contributed by atoms with E-state index in [1.807, 2.05) is 30.3 Å². The number of hydrogen-bond donors (Lipinski definition) is 1. The summed E-state index contributed by atoms with van der Waals surface area (Å²) in [6.07, 6.45) is 3.97. The summed E-state index contributed by atoms with van der Waals surface area (Å²) in [7, 11) is 0. The molecular weight excluding hydrogens is 204 g/mol. The molecule has 1 aromatic rings. The molecule has 3 heteroatoms. The molecule has 84 valence electrons. The summed E-state index contributed by atoms with van der Waals surface area (Å²) in [6, 6.07) is 9.51. The quantitative estimate of drug-likeness (QED) is 0.746. The number of carboxylic acids is 1. The maximum Gasteiger partial charge on any atom is 0.303 e. The first-order valence-corrected chi connectivity index (χ1v) is 5.16. The Balaban J connectivity index is 2.34. The van der Waals surface area contributed by atoms with Gasteiger partial charge in [0.25, 0.3) is 0 Å². The van der Waals surface area contributed by atoms with Crippen molar-refractivity contribution in [1.29, 1.82) is 0 Å². The van der Waals surface area contributed by atoms with E-state index < -0.39 is 5.97 Å². The molecule has 0 aliphatic heterocycles. The normalized spacial score (nSPS) is 10.5. The zero-order chi connectivity index (χ0) is 11.8. The number of allylic oxidation sites excluding steroid dienone is 1. The van der Waals surface area contributed by atoms with Gasteiger partial charge in [-0.3, -0.25) is 9.59 Å². The highest BCUT2D eigenvalue weighted by Gasteiger charge is 2.00. The second-order valence-electron chi connectivity index (χ2n) is 3.46. The summed E-state index contributed by atoms with van der Waals surface area (Å²) < 4.78 is 0. The van der Waals surface area contributed by atoms with E-state index in [2.05, 4.69) is 0 Å². The van der Waals surface area contributed by atoms with Crippen molar-refractivity contribution in [2.75, 3.05) is 0 Å². The van der Waals surface area contributed by atoms with Gasteiger partial charge in [0.1, 0.15) is 0 Å². The Morgan fingerprint density at radius 2 is 1.81 bits per heavy atom. The SMILES string of the molecule is O=C(O)CCCC(=O)/C=C/c1ccccc1. The number of aliphatic carboxylic acids is 1. The fourth-order valence-corrected chi connectivity index (χ4v) is 1.25. The highest BCUT2D eigenvalue weighted by molar-refractivity contribution is 5.93. The summed E-state index contributed by atoms with van der Waals surface area (Å²) in [6.45, 7) is 0. The maximum atomic E-state index is 11.3. The minimum absolute atomic E-state index is 0.0369. The van der Waals surface area contributed by atoms with Crippen LogP contribution < -0.4 is 0 Å². The van der Waals surface area contributed by atoms with Gasteiger partial charge >= 0.3 is 5.97 Å². The molecule has 0 aliphatic rings. The topological polar surface area (TPSA) is 54.4 Å². The fourth-order valence-electron chi connectivity index (χ4n) is 1.25. The van der Waals surface area contributed by atoms with Crippen molar-refractivity contribution in [3.05, 3.63) is 42.0 Å². The van der Waals surface area contributed by atoms with Crippen LogP contribution in [0.2, 0.25) is 0 Å². The average molecular weight is 218 g/mol. The Morgan fingerprint density at radius 3 is 2.44 bits per heavy atom. The summed E-state index contributed by atoms with van der Waals surface area (Å²) in [5, 5.41) is 8.40. The van der Waals surface area contributed by atoms with E-state index in [1.54, 1.807) is 6.08 Å². The molecular formula is C13H14O3. The average Bonchev–Trinajstić information content (AvgIpc) is 2.27. The van der Waals surface area contributed by atoms with Crippen molar-refractivity contribution in [1.82, 2.24) is 0 Å². The van der Waals surface area contributed by atoms with Crippen molar-refractivity contribution >= 4 is 17.8 Å². The highest BCUT2D eigenvalue weighted by atomic mass is 16.4. The van der Waals surface area contributed by atoms with Crippen LogP contribution in [0, 0.1) is 0 Å². The minimum Gasteiger partial charge on any atom is -0.481 e. The molecule has 0 radical (unpaired) electrons. The molecule has 0 aliphatic carbocycles. The number of ketones is 1. The van der Waals surface area contributed by atoms with E-state index in [0.29, 0.717) is 6.42 Å². The molecule has 3 nitrogen and oxygen atoms in total. The lowest BCUT2D eigenvalue weighted by Crippen LogP contribution is -1.98. The minimum atomic E-state index is -0.861. The van der Waals surface area contributed by atoms with E-state index in [4.69, 9.17) is 5.11 Å². The van der Waals surface area contributed by atoms with E-state index in [1.165, 1.54) is 6.08 Å². The molecule has 0 saturated heterocycles. The van der Waals surface area contributed by atoms with Gasteiger partial charge in [-0.05, 0) is 18.1 Å². The Kier molecular flexibility index (Phi) is 4.99. The van der Waals surface area contributed by atoms with Gasteiger partial charge in [0, 0.05) is 12.8 Å². The molecule has 0 fully saturated rings. The van der Waals surface area contributed by atoms with Gasteiger partial charge in [-0.25, -0.2) is 0 Å². The second kappa shape index (κ2) is 6.56. The summed E-state index contributed by atoms with van der Waals surface area (Å²) >= 11 is 0. The van der Waals surface area contributed by atoms with Crippen LogP contribution in [0.1, 0.15) is 24.8 Å². The molecule has 0 heterocycles. The number of carboxylic acid groups (broad SMARTS) is 1. The number of carbonyl (C=O) groups excluding carboxylic acids is 1. The van der Waals surface area contributed by atoms with Crippen LogP contribution in [0.5, 0.6) is 0 Å². The smallest absolute Gasteiger partial charge is 0.303 e. The molecule has 0 amide bonds. The maximum absolute atomic E-state index is 11.3. The van der Waals surface area contributed by atoms with Crippen LogP contribution >= 0.6 is 0 Å². The van der Waals surface area contributed by atoms with Crippen LogP contribution in [0.25, 0.3) is 6.08 Å². The fraction of sp³-hybridized carbons (Fsp3) is 0.231. The Labute approximate surface area is 94.4 Å². The van der Waals surface area contributed by atoms with Crippen molar-refractivity contribution in [3.8, 4) is 0 Å². The van der Waals surface area contributed by atoms with Gasteiger partial charge in [-0.1, -0.05) is 36.4 Å². The van der Waals surface area contributed by atoms with Crippen LogP contribution in [0.3, 0.4) is 0 Å². The third kappa shape index (κ3) is 5.10. The van der Waals surface area contributed by atoms with E-state index >= 15 is 0 Å². The van der Waals surface area contributed by atoms with Gasteiger partial charge in [0.05, 0.1) is 0 Å². The lowest BCUT2D eigenvalue weighted by molar-refractivity contribution is -0.137. The van der Waals surface area contributed by atoms with Crippen molar-refractivity contribution < 1.29 is 14.7 Å². The van der Waals surface area contributed by atoms with Gasteiger partial charge in [-0.2, -0.15) is 0 Å². The predicted octanol–water partition coefficient (Wildman–Crippen LogP) is 2.52. The Morgan fingerprint density at radius 1 is 1.12 bits per heavy atom. The molecule has 0 aromatic heterocycles. The zero-order valence-electron chi connectivity index (χ0n) is 8.93. The third-order valence-electron chi connectivity index (χ3n) is 2.08. The zero-order valence-corrected chi connectivity index (χ0v) is 8.93. The first-order valence-electron chi connectivity index (χ1n) is 5.16. The van der Waals surface area contributed by atoms with Gasteiger partial charge in [0.2, 0.25) is 0 Å². The number of benzene rings is 1. The van der Waals surface area contributed by atoms with Crippen LogP contribution in [0.15, 0.2) is 36.4 Å². The molecule has 1 N–H and O–H groups in total. The molecule has 16 heavy (non-hydrogen) atoms. The van der Waals surface area contributed by atoms with Crippen molar-refractivity contribution in [3.63, 3.8) is 0 Å². The first kappa shape index (κ1) is 12.2. The van der Waals surface area contributed by atoms with Crippen LogP contribution in [-0.2, 0) is 9.59 Å². The van der Waals surface area contributed by atoms with Gasteiger partial charge < -0.3 is 5.11 Å². The lowest BCUT2D eigenvalue weighted by Gasteiger charge is -1.94. The molecule has 0 atom stereocenters. The Hall–Kier alpha value is -1.90. The van der Waals surface area contributed by atoms with E-state index in [9.17, 15) is 9.59 Å². The van der Waals surface area contributed by atoms with Gasteiger partial charge in [0.15, 0.2) is 5.78 Å². The number of hydrogen-bond acceptors (Lipinski definition) is 2. The van der Waals surface area contributed by atoms with Crippen LogP contribution in [0.4, 0.5) is 0 Å². The molecule has 0 bridgehead atoms. The van der Waals surface area contributed by atoms with Crippen molar-refractivity contribution in [2.24, 2.45) is 0 Å². The van der Waals surface area contributed by atoms with Crippen LogP contribution in [-0.4, -0.2) is 16.9 Å². The Bertz CT molecular complexity index is 379. The van der Waals surface area contributed by atoms with E-state index in [0.717, 1.165) is 5.56 Å². The predicted molar refractivity (Wildman–Crippen MR) is 62.0 cm³/mol. The third-order valence-corrected chi connectivity index (χ3v) is 2.08. The largest absolute Gasteiger partial charge is 0.481 e. The lowest BCUT2D eigenvalue weighted by atomic mass is 10.1. The van der Waals surface area contributed by atoms with Gasteiger partial charge in [-0.15, -0.1) is 0 Å². The summed E-state index contributed by atoms with van der Waals surface area (Å²) in [5.74, 6) is -0.898. The first-order chi connectivity index (χ1) is 7.68. The molecule has 0 unspecified atom stereocenters. The summed E-state index contributed by atoms with van der Waals surface area (Å²) in [4.78, 5) is 21.5. The highest BCUT2D eigenvalue weighted by Crippen LogP contribution is 2.03. The van der Waals surface area contributed by atoms with E-state index in [-0.39, 0.29) is 18.6 Å². The number of rotatable bonds is 6. The second-order valence-corrected chi connectivity index (χ2v) is 3.46. The molecule has 0 saturated carbocycles. The molecule has 1 aromatic carbocycles. The summed E-state index contributed by atoms with van der Waals surface area (Å²) in [5.41, 5.74) is 0.967. The van der Waals surface area contributed by atoms with Crippen molar-refractivity contribution in [2.45, 2.75) is 19.3 Å². The standard InChI is InChI=1S/C13H14O3/c14-12(7-4-8-13(15)16)10-9-11-5-2-1-3-6-11/h1-3,5-6,9-10H,4,7-8H2,(H,15,16)/b10-9+.